The van der Waals surface area contributed by atoms with Crippen LogP contribution in [-0.4, -0.2) is 39.6 Å². The zero-order valence-electron chi connectivity index (χ0n) is 16.0. The quantitative estimate of drug-likeness (QED) is 0.611. The van der Waals surface area contributed by atoms with Gasteiger partial charge < -0.3 is 14.9 Å². The molecule has 0 amide bonds. The number of hydrogen-bond donors (Lipinski definition) is 1. The summed E-state index contributed by atoms with van der Waals surface area (Å²) in [5.41, 5.74) is 3.91. The molecule has 0 aromatic heterocycles. The second-order valence-corrected chi connectivity index (χ2v) is 5.32. The van der Waals surface area contributed by atoms with Gasteiger partial charge in [0.25, 0.3) is 0 Å². The molecular formula is C22H30N2O4. The molecule has 0 atom stereocenters. The number of nitrogens with one attached hydrogen (secondary N) is 1. The van der Waals surface area contributed by atoms with E-state index >= 15 is 0 Å². The number of aliphatic imine (C=N–C) groups is 1. The minimum absolute atomic E-state index is 0. The molecule has 152 valence electrons. The highest BCUT2D eigenvalue weighted by atomic mass is 16.5. The first-order chi connectivity index (χ1) is 13.0. The van der Waals surface area contributed by atoms with E-state index in [0.717, 1.165) is 16.8 Å². The maximum atomic E-state index is 10.9. The van der Waals surface area contributed by atoms with Crippen LogP contribution in [0.15, 0.2) is 53.5 Å². The zero-order chi connectivity index (χ0) is 20.7. The largest absolute Gasteiger partial charge is 0.469 e. The highest BCUT2D eigenvalue weighted by Gasteiger charge is 2.02. The normalized spacial score (nSPS) is 8.54. The fourth-order valence-corrected chi connectivity index (χ4v) is 1.90. The number of hydrogen-bond acceptors (Lipinski definition) is 6. The van der Waals surface area contributed by atoms with Crippen LogP contribution in [0, 0.1) is 12.3 Å². The van der Waals surface area contributed by atoms with Crippen molar-refractivity contribution >= 4 is 31.1 Å². The van der Waals surface area contributed by atoms with Gasteiger partial charge >= 0.3 is 11.9 Å². The Labute approximate surface area is 167 Å². The van der Waals surface area contributed by atoms with Crippen LogP contribution >= 0.6 is 0 Å². The number of nitrogens with zero attached hydrogens (tertiary/aromatic N) is 1. The molecule has 0 saturated carbocycles. The molecule has 0 bridgehead atoms. The van der Waals surface area contributed by atoms with Gasteiger partial charge in [0.05, 0.1) is 32.7 Å². The summed E-state index contributed by atoms with van der Waals surface area (Å²) in [5, 5.41) is 5.50. The molecule has 0 aliphatic carbocycles. The first-order valence-electron chi connectivity index (χ1n) is 8.08. The Bertz CT molecular complexity index is 710. The van der Waals surface area contributed by atoms with Crippen LogP contribution in [0.3, 0.4) is 0 Å². The van der Waals surface area contributed by atoms with Crippen LogP contribution in [0.5, 0.6) is 0 Å². The molecule has 1 N–H and O–H groups in total. The number of methoxy groups -OCH3 is 2. The van der Waals surface area contributed by atoms with Gasteiger partial charge in [-0.25, -0.2) is 0 Å². The Hall–Kier alpha value is -3.28. The second-order valence-electron chi connectivity index (χ2n) is 5.32. The molecule has 0 heterocycles. The van der Waals surface area contributed by atoms with Crippen LogP contribution < -0.4 is 0 Å². The van der Waals surface area contributed by atoms with Crippen LogP contribution in [0.1, 0.15) is 24.1 Å². The van der Waals surface area contributed by atoms with Crippen molar-refractivity contribution in [3.63, 3.8) is 0 Å². The molecule has 0 unspecified atom stereocenters. The van der Waals surface area contributed by atoms with E-state index in [1.807, 2.05) is 55.5 Å². The van der Waals surface area contributed by atoms with E-state index in [4.69, 9.17) is 5.41 Å². The lowest BCUT2D eigenvalue weighted by Crippen LogP contribution is -2.03. The summed E-state index contributed by atoms with van der Waals surface area (Å²) >= 11 is 0. The number of esters is 2. The molecular weight excluding hydrogens is 356 g/mol. The van der Waals surface area contributed by atoms with Gasteiger partial charge in [-0.1, -0.05) is 49.4 Å². The minimum Gasteiger partial charge on any atom is -0.469 e. The minimum atomic E-state index is -0.237. The lowest BCUT2D eigenvalue weighted by molar-refractivity contribution is -0.140. The van der Waals surface area contributed by atoms with Gasteiger partial charge in [-0.2, -0.15) is 0 Å². The summed E-state index contributed by atoms with van der Waals surface area (Å²) in [4.78, 5) is 25.5. The molecule has 28 heavy (non-hydrogen) atoms. The van der Waals surface area contributed by atoms with Crippen molar-refractivity contribution in [3.8, 4) is 0 Å². The predicted molar refractivity (Wildman–Crippen MR) is 115 cm³/mol. The Balaban J connectivity index is 0. The predicted octanol–water partition coefficient (Wildman–Crippen LogP) is 4.35. The molecule has 0 saturated heterocycles. The molecule has 2 rings (SSSR count). The van der Waals surface area contributed by atoms with E-state index < -0.39 is 0 Å². The van der Waals surface area contributed by atoms with Crippen molar-refractivity contribution in [1.29, 1.82) is 5.41 Å². The number of rotatable bonds is 5. The monoisotopic (exact) mass is 386 g/mol. The van der Waals surface area contributed by atoms with Gasteiger partial charge in [-0.3, -0.25) is 14.6 Å². The molecule has 6 nitrogen and oxygen atoms in total. The zero-order valence-corrected chi connectivity index (χ0v) is 16.0. The second kappa shape index (κ2) is 15.9. The van der Waals surface area contributed by atoms with Crippen molar-refractivity contribution in [1.82, 2.24) is 0 Å². The maximum absolute atomic E-state index is 10.9. The van der Waals surface area contributed by atoms with Crippen molar-refractivity contribution < 1.29 is 19.1 Å². The van der Waals surface area contributed by atoms with Crippen molar-refractivity contribution in [2.75, 3.05) is 14.2 Å². The molecule has 6 heteroatoms. The molecule has 2 aromatic carbocycles. The van der Waals surface area contributed by atoms with Gasteiger partial charge in [0.15, 0.2) is 0 Å². The highest BCUT2D eigenvalue weighted by Crippen LogP contribution is 2.12. The average Bonchev–Trinajstić information content (AvgIpc) is 2.72. The third kappa shape index (κ3) is 11.4. The van der Waals surface area contributed by atoms with E-state index in [1.54, 1.807) is 0 Å². The Morgan fingerprint density at radius 2 is 1.21 bits per heavy atom. The number of ether oxygens (including phenoxy) is 2. The average molecular weight is 386 g/mol. The molecule has 0 aliphatic heterocycles. The fraction of sp³-hybridized carbons (Fsp3) is 0.273. The molecule has 0 spiro atoms. The fourth-order valence-electron chi connectivity index (χ4n) is 1.90. The van der Waals surface area contributed by atoms with Gasteiger partial charge in [-0.15, -0.1) is 0 Å². The number of carbonyl (C=O) groups excluding carboxylic acids is 2. The number of carbonyl (C=O) groups is 2. The third-order valence-corrected chi connectivity index (χ3v) is 3.39. The lowest BCUT2D eigenvalue weighted by atomic mass is 10.1. The van der Waals surface area contributed by atoms with E-state index in [0.29, 0.717) is 12.8 Å². The summed E-state index contributed by atoms with van der Waals surface area (Å²) in [6.45, 7) is 7.91. The van der Waals surface area contributed by atoms with Crippen molar-refractivity contribution in [2.45, 2.75) is 27.2 Å². The van der Waals surface area contributed by atoms with Gasteiger partial charge in [0, 0.05) is 0 Å². The smallest absolute Gasteiger partial charge is 0.309 e. The highest BCUT2D eigenvalue weighted by molar-refractivity contribution is 5.72. The van der Waals surface area contributed by atoms with E-state index in [-0.39, 0.29) is 19.4 Å². The summed E-state index contributed by atoms with van der Waals surface area (Å²) < 4.78 is 9.08. The molecule has 2 aromatic rings. The van der Waals surface area contributed by atoms with Crippen LogP contribution in [0.25, 0.3) is 0 Å². The number of benzene rings is 2. The standard InChI is InChI=1S/C10H11NO2.C10H12O2.CH3N.CH4/c1-11-9-5-3-8(4-6-9)7-10(12)13-2;1-8-3-5-9(6-4-8)7-10(11)12-2;1-2;/h3-6H,1,7H2,2H3;3-6H,7H2,1-2H3;2H,1H2;1H4. The van der Waals surface area contributed by atoms with Crippen LogP contribution in [0.4, 0.5) is 5.69 Å². The molecule has 0 fully saturated rings. The Morgan fingerprint density at radius 3 is 1.54 bits per heavy atom. The summed E-state index contributed by atoms with van der Waals surface area (Å²) in [6.07, 6.45) is 0.657. The van der Waals surface area contributed by atoms with E-state index in [2.05, 4.69) is 27.9 Å². The summed E-state index contributed by atoms with van der Waals surface area (Å²) in [7, 11) is 2.78. The third-order valence-electron chi connectivity index (χ3n) is 3.39. The van der Waals surface area contributed by atoms with Crippen molar-refractivity contribution in [2.24, 2.45) is 4.99 Å². The topological polar surface area (TPSA) is 88.8 Å². The molecule has 0 aliphatic rings. The maximum Gasteiger partial charge on any atom is 0.309 e. The number of aryl methyl sites for hydroxylation is 1. The van der Waals surface area contributed by atoms with Crippen LogP contribution in [-0.2, 0) is 31.9 Å². The van der Waals surface area contributed by atoms with E-state index in [9.17, 15) is 9.59 Å². The lowest BCUT2D eigenvalue weighted by Gasteiger charge is -1.99. The SMILES string of the molecule is C.C=N.C=Nc1ccc(CC(=O)OC)cc1.COC(=O)Cc1ccc(C)cc1. The van der Waals surface area contributed by atoms with E-state index in [1.165, 1.54) is 19.8 Å². The molecule has 0 radical (unpaired) electrons. The Kier molecular flexibility index (Phi) is 15.3. The van der Waals surface area contributed by atoms with Crippen LogP contribution in [0.2, 0.25) is 0 Å². The first-order valence-corrected chi connectivity index (χ1v) is 8.08. The first kappa shape index (κ1) is 26.9. The van der Waals surface area contributed by atoms with Crippen molar-refractivity contribution in [3.05, 3.63) is 65.2 Å². The van der Waals surface area contributed by atoms with Gasteiger partial charge in [0.1, 0.15) is 0 Å². The summed E-state index contributed by atoms with van der Waals surface area (Å²) in [6, 6.07) is 15.1. The summed E-state index contributed by atoms with van der Waals surface area (Å²) in [5.74, 6) is -0.432. The Morgan fingerprint density at radius 1 is 0.857 bits per heavy atom. The van der Waals surface area contributed by atoms with Gasteiger partial charge in [-0.05, 0) is 43.6 Å². The van der Waals surface area contributed by atoms with Gasteiger partial charge in [0.2, 0.25) is 0 Å².